The number of aromatic amines is 1. The fraction of sp³-hybridized carbons (Fsp3) is 0.227. The fourth-order valence-electron chi connectivity index (χ4n) is 3.59. The first kappa shape index (κ1) is 20.6. The summed E-state index contributed by atoms with van der Waals surface area (Å²) in [6, 6.07) is 8.75. The minimum atomic E-state index is -1.59. The van der Waals surface area contributed by atoms with Gasteiger partial charge in [-0.3, -0.25) is 14.6 Å². The molecule has 3 heterocycles. The van der Waals surface area contributed by atoms with E-state index in [2.05, 4.69) is 15.3 Å². The summed E-state index contributed by atoms with van der Waals surface area (Å²) in [5.41, 5.74) is 2.12. The van der Waals surface area contributed by atoms with Crippen LogP contribution in [-0.2, 0) is 11.2 Å². The molecule has 6 nitrogen and oxygen atoms in total. The standard InChI is InChI=1S/C22H19F3N4O2/c23-17-9-16(10-18(24)20(17)25)28-21(30)14-5-7-29(12-14)22(31)19-4-3-15(27-19)8-13-2-1-6-26-11-13/h1-4,6,9-11,14,27H,5,7-8,12H2,(H,28,30). The number of nitrogens with zero attached hydrogens (tertiary/aromatic N) is 2. The van der Waals surface area contributed by atoms with Crippen molar-refractivity contribution in [3.63, 3.8) is 0 Å². The number of benzene rings is 1. The monoisotopic (exact) mass is 428 g/mol. The SMILES string of the molecule is O=C(Nc1cc(F)c(F)c(F)c1)C1CCN(C(=O)c2ccc(Cc3cccnc3)[nH]2)C1. The van der Waals surface area contributed by atoms with Crippen LogP contribution in [0.1, 0.15) is 28.2 Å². The molecule has 0 spiro atoms. The molecular weight excluding hydrogens is 409 g/mol. The molecule has 4 rings (SSSR count). The first-order chi connectivity index (χ1) is 14.9. The van der Waals surface area contributed by atoms with Gasteiger partial charge in [-0.15, -0.1) is 0 Å². The molecule has 0 radical (unpaired) electrons. The maximum absolute atomic E-state index is 13.3. The number of pyridine rings is 1. The average molecular weight is 428 g/mol. The van der Waals surface area contributed by atoms with E-state index < -0.39 is 29.3 Å². The number of carbonyl (C=O) groups excluding carboxylic acids is 2. The molecular formula is C22H19F3N4O2. The van der Waals surface area contributed by atoms with Gasteiger partial charge >= 0.3 is 0 Å². The number of halogens is 3. The number of anilines is 1. The number of amides is 2. The van der Waals surface area contributed by atoms with Crippen molar-refractivity contribution in [3.8, 4) is 0 Å². The quantitative estimate of drug-likeness (QED) is 0.611. The van der Waals surface area contributed by atoms with Gasteiger partial charge in [0.15, 0.2) is 17.5 Å². The summed E-state index contributed by atoms with van der Waals surface area (Å²) in [5.74, 6) is -5.61. The van der Waals surface area contributed by atoms with Gasteiger partial charge in [0.25, 0.3) is 5.91 Å². The molecule has 1 unspecified atom stereocenters. The van der Waals surface area contributed by atoms with Crippen molar-refractivity contribution < 1.29 is 22.8 Å². The van der Waals surface area contributed by atoms with Crippen LogP contribution in [-0.4, -0.2) is 39.8 Å². The molecule has 0 aliphatic carbocycles. The number of aromatic nitrogens is 2. The maximum Gasteiger partial charge on any atom is 0.270 e. The Morgan fingerprint density at radius 1 is 1.16 bits per heavy atom. The number of hydrogen-bond acceptors (Lipinski definition) is 3. The third-order valence-corrected chi connectivity index (χ3v) is 5.19. The summed E-state index contributed by atoms with van der Waals surface area (Å²) in [6.45, 7) is 0.549. The molecule has 1 aliphatic heterocycles. The van der Waals surface area contributed by atoms with Crippen LogP contribution in [0.2, 0.25) is 0 Å². The molecule has 2 aromatic heterocycles. The zero-order valence-corrected chi connectivity index (χ0v) is 16.4. The van der Waals surface area contributed by atoms with E-state index in [4.69, 9.17) is 0 Å². The normalized spacial score (nSPS) is 15.8. The highest BCUT2D eigenvalue weighted by Gasteiger charge is 2.32. The van der Waals surface area contributed by atoms with E-state index in [0.29, 0.717) is 25.1 Å². The van der Waals surface area contributed by atoms with Crippen molar-refractivity contribution in [1.82, 2.24) is 14.9 Å². The first-order valence-electron chi connectivity index (χ1n) is 9.72. The van der Waals surface area contributed by atoms with Crippen LogP contribution in [0, 0.1) is 23.4 Å². The van der Waals surface area contributed by atoms with Crippen molar-refractivity contribution in [2.45, 2.75) is 12.8 Å². The Bertz CT molecular complexity index is 1090. The minimum Gasteiger partial charge on any atom is -0.354 e. The van der Waals surface area contributed by atoms with Gasteiger partial charge in [-0.1, -0.05) is 6.07 Å². The summed E-state index contributed by atoms with van der Waals surface area (Å²) in [6.07, 6.45) is 4.46. The van der Waals surface area contributed by atoms with Crippen molar-refractivity contribution in [1.29, 1.82) is 0 Å². The van der Waals surface area contributed by atoms with Gasteiger partial charge in [-0.2, -0.15) is 0 Å². The maximum atomic E-state index is 13.3. The molecule has 0 bridgehead atoms. The van der Waals surface area contributed by atoms with Crippen LogP contribution in [0.4, 0.5) is 18.9 Å². The summed E-state index contributed by atoms with van der Waals surface area (Å²) >= 11 is 0. The molecule has 9 heteroatoms. The second-order valence-electron chi connectivity index (χ2n) is 7.42. The van der Waals surface area contributed by atoms with E-state index in [-0.39, 0.29) is 18.1 Å². The van der Waals surface area contributed by atoms with Gasteiger partial charge in [0.1, 0.15) is 5.69 Å². The Labute approximate surface area is 176 Å². The second kappa shape index (κ2) is 8.63. The van der Waals surface area contributed by atoms with E-state index in [0.717, 1.165) is 23.4 Å². The van der Waals surface area contributed by atoms with E-state index in [9.17, 15) is 22.8 Å². The Hall–Kier alpha value is -3.62. The molecule has 1 aliphatic rings. The van der Waals surface area contributed by atoms with Crippen molar-refractivity contribution in [2.24, 2.45) is 5.92 Å². The predicted octanol–water partition coefficient (Wildman–Crippen LogP) is 3.52. The van der Waals surface area contributed by atoms with Crippen molar-refractivity contribution in [3.05, 3.63) is 83.2 Å². The lowest BCUT2D eigenvalue weighted by atomic mass is 10.1. The molecule has 1 atom stereocenters. The fourth-order valence-corrected chi connectivity index (χ4v) is 3.59. The topological polar surface area (TPSA) is 78.1 Å². The van der Waals surface area contributed by atoms with Crippen LogP contribution in [0.5, 0.6) is 0 Å². The second-order valence-corrected chi connectivity index (χ2v) is 7.42. The number of hydrogen-bond donors (Lipinski definition) is 2. The Morgan fingerprint density at radius 3 is 2.65 bits per heavy atom. The highest BCUT2D eigenvalue weighted by Crippen LogP contribution is 2.23. The van der Waals surface area contributed by atoms with Crippen molar-refractivity contribution >= 4 is 17.5 Å². The minimum absolute atomic E-state index is 0.171. The largest absolute Gasteiger partial charge is 0.354 e. The van der Waals surface area contributed by atoms with E-state index in [1.54, 1.807) is 23.4 Å². The predicted molar refractivity (Wildman–Crippen MR) is 107 cm³/mol. The third-order valence-electron chi connectivity index (χ3n) is 5.19. The summed E-state index contributed by atoms with van der Waals surface area (Å²) in [7, 11) is 0. The molecule has 2 N–H and O–H groups in total. The summed E-state index contributed by atoms with van der Waals surface area (Å²) in [4.78, 5) is 33.9. The lowest BCUT2D eigenvalue weighted by molar-refractivity contribution is -0.119. The van der Waals surface area contributed by atoms with Gasteiger partial charge in [-0.05, 0) is 30.2 Å². The van der Waals surface area contributed by atoms with Crippen LogP contribution < -0.4 is 5.32 Å². The highest BCUT2D eigenvalue weighted by molar-refractivity contribution is 5.96. The molecule has 1 saturated heterocycles. The molecule has 31 heavy (non-hydrogen) atoms. The summed E-state index contributed by atoms with van der Waals surface area (Å²) in [5, 5.41) is 2.39. The third kappa shape index (κ3) is 4.60. The number of carbonyl (C=O) groups is 2. The van der Waals surface area contributed by atoms with Gasteiger partial charge in [-0.25, -0.2) is 13.2 Å². The zero-order chi connectivity index (χ0) is 22.0. The zero-order valence-electron chi connectivity index (χ0n) is 16.4. The molecule has 3 aromatic rings. The molecule has 1 aromatic carbocycles. The number of H-pyrrole nitrogens is 1. The van der Waals surface area contributed by atoms with Crippen molar-refractivity contribution in [2.75, 3.05) is 18.4 Å². The Balaban J connectivity index is 1.36. The van der Waals surface area contributed by atoms with Gasteiger partial charge in [0.05, 0.1) is 5.92 Å². The number of nitrogens with one attached hydrogen (secondary N) is 2. The van der Waals surface area contributed by atoms with Gasteiger partial charge in [0, 0.05) is 55.4 Å². The number of rotatable bonds is 5. The molecule has 2 amide bonds. The Morgan fingerprint density at radius 2 is 1.94 bits per heavy atom. The molecule has 160 valence electrons. The first-order valence-corrected chi connectivity index (χ1v) is 9.72. The summed E-state index contributed by atoms with van der Waals surface area (Å²) < 4.78 is 39.7. The van der Waals surface area contributed by atoms with E-state index in [1.165, 1.54) is 0 Å². The van der Waals surface area contributed by atoms with E-state index >= 15 is 0 Å². The smallest absolute Gasteiger partial charge is 0.270 e. The molecule has 1 fully saturated rings. The molecule has 0 saturated carbocycles. The van der Waals surface area contributed by atoms with Crippen LogP contribution >= 0.6 is 0 Å². The van der Waals surface area contributed by atoms with E-state index in [1.807, 2.05) is 18.2 Å². The average Bonchev–Trinajstić information content (AvgIpc) is 3.42. The van der Waals surface area contributed by atoms with Crippen LogP contribution in [0.3, 0.4) is 0 Å². The highest BCUT2D eigenvalue weighted by atomic mass is 19.2. The Kier molecular flexibility index (Phi) is 5.75. The van der Waals surface area contributed by atoms with Crippen LogP contribution in [0.15, 0.2) is 48.8 Å². The number of likely N-dealkylation sites (tertiary alicyclic amines) is 1. The van der Waals surface area contributed by atoms with Gasteiger partial charge < -0.3 is 15.2 Å². The lowest BCUT2D eigenvalue weighted by Crippen LogP contribution is -2.31. The lowest BCUT2D eigenvalue weighted by Gasteiger charge is -2.16. The van der Waals surface area contributed by atoms with Gasteiger partial charge in [0.2, 0.25) is 5.91 Å². The van der Waals surface area contributed by atoms with Crippen LogP contribution in [0.25, 0.3) is 0 Å².